The SMILES string of the molecule is COc1cc(O)c(C=O)cc1-c1ccc(N(C)C2CC(C)(C)NC(C)(C)C2)nn1. The topological polar surface area (TPSA) is 87.6 Å². The molecule has 0 amide bonds. The third-order valence-electron chi connectivity index (χ3n) is 5.48. The second-order valence-corrected chi connectivity index (χ2v) is 9.07. The maximum Gasteiger partial charge on any atom is 0.153 e. The van der Waals surface area contributed by atoms with Crippen molar-refractivity contribution in [3.8, 4) is 22.8 Å². The largest absolute Gasteiger partial charge is 0.507 e. The number of ether oxygens (including phenoxy) is 1. The minimum absolute atomic E-state index is 0.0404. The molecule has 1 aliphatic rings. The van der Waals surface area contributed by atoms with Crippen molar-refractivity contribution in [3.63, 3.8) is 0 Å². The zero-order chi connectivity index (χ0) is 21.4. The maximum atomic E-state index is 11.2. The van der Waals surface area contributed by atoms with Gasteiger partial charge in [0.05, 0.1) is 18.4 Å². The van der Waals surface area contributed by atoms with Gasteiger partial charge in [0.2, 0.25) is 0 Å². The summed E-state index contributed by atoms with van der Waals surface area (Å²) in [4.78, 5) is 13.4. The number of aldehydes is 1. The molecule has 1 aromatic carbocycles. The van der Waals surface area contributed by atoms with Gasteiger partial charge < -0.3 is 20.1 Å². The summed E-state index contributed by atoms with van der Waals surface area (Å²) in [6, 6.07) is 7.11. The van der Waals surface area contributed by atoms with E-state index in [1.54, 1.807) is 6.07 Å². The van der Waals surface area contributed by atoms with E-state index in [1.165, 1.54) is 13.2 Å². The number of phenolic OH excluding ortho intramolecular Hbond substituents is 1. The third kappa shape index (κ3) is 4.50. The number of methoxy groups -OCH3 is 1. The van der Waals surface area contributed by atoms with Crippen molar-refractivity contribution in [2.45, 2.75) is 57.7 Å². The highest BCUT2D eigenvalue weighted by atomic mass is 16.5. The number of piperidine rings is 1. The summed E-state index contributed by atoms with van der Waals surface area (Å²) in [5.41, 5.74) is 1.45. The fourth-order valence-electron chi connectivity index (χ4n) is 4.44. The molecule has 0 bridgehead atoms. The van der Waals surface area contributed by atoms with Crippen LogP contribution in [0.4, 0.5) is 5.82 Å². The summed E-state index contributed by atoms with van der Waals surface area (Å²) in [6.07, 6.45) is 2.62. The van der Waals surface area contributed by atoms with Crippen LogP contribution >= 0.6 is 0 Å². The predicted octanol–water partition coefficient (Wildman–Crippen LogP) is 3.42. The predicted molar refractivity (Wildman–Crippen MR) is 114 cm³/mol. The molecular weight excluding hydrogens is 368 g/mol. The molecule has 0 saturated carbocycles. The van der Waals surface area contributed by atoms with Crippen molar-refractivity contribution in [1.29, 1.82) is 0 Å². The van der Waals surface area contributed by atoms with Crippen molar-refractivity contribution in [2.24, 2.45) is 0 Å². The Morgan fingerprint density at radius 3 is 2.34 bits per heavy atom. The average Bonchev–Trinajstić information content (AvgIpc) is 2.65. The van der Waals surface area contributed by atoms with Crippen LogP contribution in [0.25, 0.3) is 11.3 Å². The fourth-order valence-corrected chi connectivity index (χ4v) is 4.44. The first-order chi connectivity index (χ1) is 13.5. The highest BCUT2D eigenvalue weighted by Crippen LogP contribution is 2.35. The monoisotopic (exact) mass is 398 g/mol. The first-order valence-corrected chi connectivity index (χ1v) is 9.78. The average molecular weight is 399 g/mol. The number of carbonyl (C=O) groups excluding carboxylic acids is 1. The van der Waals surface area contributed by atoms with Crippen molar-refractivity contribution < 1.29 is 14.6 Å². The summed E-state index contributed by atoms with van der Waals surface area (Å²) in [7, 11) is 3.56. The van der Waals surface area contributed by atoms with E-state index in [9.17, 15) is 9.90 Å². The Kier molecular flexibility index (Phi) is 5.54. The molecule has 0 radical (unpaired) electrons. The molecule has 0 unspecified atom stereocenters. The fraction of sp³-hybridized carbons (Fsp3) is 0.500. The van der Waals surface area contributed by atoms with Crippen LogP contribution in [0.5, 0.6) is 11.5 Å². The molecule has 2 aromatic rings. The number of rotatable bonds is 5. The van der Waals surface area contributed by atoms with Gasteiger partial charge in [-0.1, -0.05) is 0 Å². The molecular formula is C22H30N4O3. The Balaban J connectivity index is 1.88. The lowest BCUT2D eigenvalue weighted by molar-refractivity contribution is 0.112. The molecule has 1 aliphatic heterocycles. The lowest BCUT2D eigenvalue weighted by Gasteiger charge is -2.49. The quantitative estimate of drug-likeness (QED) is 0.746. The first-order valence-electron chi connectivity index (χ1n) is 9.78. The van der Waals surface area contributed by atoms with Crippen LogP contribution in [0, 0.1) is 0 Å². The number of carbonyl (C=O) groups is 1. The van der Waals surface area contributed by atoms with Crippen LogP contribution in [-0.4, -0.2) is 52.9 Å². The number of hydrogen-bond donors (Lipinski definition) is 2. The number of phenols is 1. The lowest BCUT2D eigenvalue weighted by Crippen LogP contribution is -2.62. The van der Waals surface area contributed by atoms with E-state index in [0.717, 1.165) is 18.7 Å². The van der Waals surface area contributed by atoms with Crippen molar-refractivity contribution in [3.05, 3.63) is 29.8 Å². The van der Waals surface area contributed by atoms with E-state index < -0.39 is 0 Å². The molecule has 7 nitrogen and oxygen atoms in total. The highest BCUT2D eigenvalue weighted by molar-refractivity contribution is 5.84. The minimum atomic E-state index is -0.124. The van der Waals surface area contributed by atoms with Gasteiger partial charge in [0.1, 0.15) is 11.5 Å². The van der Waals surface area contributed by atoms with Gasteiger partial charge in [-0.05, 0) is 58.7 Å². The van der Waals surface area contributed by atoms with Gasteiger partial charge in [0, 0.05) is 35.8 Å². The minimum Gasteiger partial charge on any atom is -0.507 e. The number of nitrogens with zero attached hydrogens (tertiary/aromatic N) is 3. The van der Waals surface area contributed by atoms with Gasteiger partial charge in [0.25, 0.3) is 0 Å². The Labute approximate surface area is 172 Å². The molecule has 1 aromatic heterocycles. The Bertz CT molecular complexity index is 878. The molecule has 29 heavy (non-hydrogen) atoms. The first kappa shape index (κ1) is 21.0. The smallest absolute Gasteiger partial charge is 0.153 e. The summed E-state index contributed by atoms with van der Waals surface area (Å²) in [5.74, 6) is 1.10. The maximum absolute atomic E-state index is 11.2. The molecule has 3 rings (SSSR count). The van der Waals surface area contributed by atoms with E-state index >= 15 is 0 Å². The van der Waals surface area contributed by atoms with E-state index in [-0.39, 0.29) is 22.4 Å². The summed E-state index contributed by atoms with van der Waals surface area (Å²) in [5, 5.41) is 22.4. The Morgan fingerprint density at radius 1 is 1.17 bits per heavy atom. The second kappa shape index (κ2) is 7.63. The van der Waals surface area contributed by atoms with E-state index in [2.05, 4.69) is 55.2 Å². The van der Waals surface area contributed by atoms with Gasteiger partial charge in [0.15, 0.2) is 12.1 Å². The number of anilines is 1. The van der Waals surface area contributed by atoms with Crippen molar-refractivity contribution >= 4 is 12.1 Å². The second-order valence-electron chi connectivity index (χ2n) is 9.07. The normalized spacial score (nSPS) is 18.3. The molecule has 0 spiro atoms. The molecule has 2 heterocycles. The van der Waals surface area contributed by atoms with E-state index in [4.69, 9.17) is 4.74 Å². The van der Waals surface area contributed by atoms with Crippen LogP contribution in [0.15, 0.2) is 24.3 Å². The number of hydrogen-bond acceptors (Lipinski definition) is 7. The number of nitrogens with one attached hydrogen (secondary N) is 1. The standard InChI is InChI=1S/C22H30N4O3/c1-21(2)11-15(12-22(3,4)25-21)26(5)20-8-7-17(23-24-20)16-9-14(13-27)18(28)10-19(16)29-6/h7-10,13,15,25,28H,11-12H2,1-6H3. The number of aromatic hydroxyl groups is 1. The highest BCUT2D eigenvalue weighted by Gasteiger charge is 2.39. The molecule has 1 fully saturated rings. The van der Waals surface area contributed by atoms with Gasteiger partial charge in [-0.2, -0.15) is 0 Å². The van der Waals surface area contributed by atoms with Crippen LogP contribution in [0.2, 0.25) is 0 Å². The molecule has 2 N–H and O–H groups in total. The van der Waals surface area contributed by atoms with Crippen LogP contribution in [0.3, 0.4) is 0 Å². The van der Waals surface area contributed by atoms with Gasteiger partial charge in [-0.25, -0.2) is 0 Å². The number of aromatic nitrogens is 2. The molecule has 156 valence electrons. The van der Waals surface area contributed by atoms with Crippen molar-refractivity contribution in [2.75, 3.05) is 19.1 Å². The van der Waals surface area contributed by atoms with Gasteiger partial charge >= 0.3 is 0 Å². The van der Waals surface area contributed by atoms with E-state index in [1.807, 2.05) is 12.1 Å². The van der Waals surface area contributed by atoms with Crippen LogP contribution in [0.1, 0.15) is 50.9 Å². The van der Waals surface area contributed by atoms with Crippen LogP contribution < -0.4 is 15.0 Å². The molecule has 0 aliphatic carbocycles. The number of benzene rings is 1. The summed E-state index contributed by atoms with van der Waals surface area (Å²) < 4.78 is 5.34. The zero-order valence-corrected chi connectivity index (χ0v) is 18.0. The van der Waals surface area contributed by atoms with E-state index in [0.29, 0.717) is 29.3 Å². The third-order valence-corrected chi connectivity index (χ3v) is 5.48. The molecule has 0 atom stereocenters. The van der Waals surface area contributed by atoms with Crippen LogP contribution in [-0.2, 0) is 0 Å². The Hall–Kier alpha value is -2.67. The van der Waals surface area contributed by atoms with Gasteiger partial charge in [-0.15, -0.1) is 10.2 Å². The summed E-state index contributed by atoms with van der Waals surface area (Å²) >= 11 is 0. The van der Waals surface area contributed by atoms with Gasteiger partial charge in [-0.3, -0.25) is 4.79 Å². The van der Waals surface area contributed by atoms with Crippen molar-refractivity contribution in [1.82, 2.24) is 15.5 Å². The lowest BCUT2D eigenvalue weighted by atomic mass is 9.79. The summed E-state index contributed by atoms with van der Waals surface area (Å²) in [6.45, 7) is 8.91. The molecule has 1 saturated heterocycles. The zero-order valence-electron chi connectivity index (χ0n) is 18.0. The Morgan fingerprint density at radius 2 is 1.83 bits per heavy atom. The molecule has 7 heteroatoms.